The molecule has 108 valence electrons. The number of anilines is 1. The van der Waals surface area contributed by atoms with Crippen molar-refractivity contribution in [2.75, 3.05) is 5.43 Å². The highest BCUT2D eigenvalue weighted by Crippen LogP contribution is 2.27. The first-order valence-electron chi connectivity index (χ1n) is 6.83. The van der Waals surface area contributed by atoms with Crippen molar-refractivity contribution in [2.45, 2.75) is 38.2 Å². The van der Waals surface area contributed by atoms with E-state index in [0.717, 1.165) is 25.7 Å². The Labute approximate surface area is 122 Å². The van der Waals surface area contributed by atoms with Crippen LogP contribution in [0.1, 0.15) is 32.1 Å². The summed E-state index contributed by atoms with van der Waals surface area (Å²) in [6.45, 7) is 0. The molecule has 1 N–H and O–H groups in total. The fraction of sp³-hybridized carbons (Fsp3) is 0.400. The molecule has 0 bridgehead atoms. The minimum absolute atomic E-state index is 0.0776. The summed E-state index contributed by atoms with van der Waals surface area (Å²) in [6, 6.07) is 7.57. The van der Waals surface area contributed by atoms with Gasteiger partial charge in [-0.05, 0) is 37.8 Å². The molecule has 0 spiro atoms. The first kappa shape index (κ1) is 14.8. The molecule has 0 amide bonds. The number of hydrogen-bond donors (Lipinski definition) is 1. The van der Waals surface area contributed by atoms with Gasteiger partial charge in [-0.3, -0.25) is 5.43 Å². The van der Waals surface area contributed by atoms with Crippen LogP contribution in [0.4, 0.5) is 10.1 Å². The van der Waals surface area contributed by atoms with Crippen molar-refractivity contribution in [1.29, 1.82) is 10.5 Å². The van der Waals surface area contributed by atoms with Gasteiger partial charge in [0, 0.05) is 6.07 Å². The van der Waals surface area contributed by atoms with E-state index < -0.39 is 5.82 Å². The monoisotopic (exact) mass is 286 g/mol. The van der Waals surface area contributed by atoms with E-state index in [2.05, 4.69) is 10.5 Å². The zero-order valence-electron chi connectivity index (χ0n) is 11.5. The Morgan fingerprint density at radius 2 is 1.95 bits per heavy atom. The predicted octanol–water partition coefficient (Wildman–Crippen LogP) is 3.35. The Balaban J connectivity index is 2.02. The number of rotatable bonds is 4. The van der Waals surface area contributed by atoms with E-state index in [-0.39, 0.29) is 17.6 Å². The smallest absolute Gasteiger partial charge is 0.237 e. The second-order valence-electron chi connectivity index (χ2n) is 4.82. The lowest BCUT2D eigenvalue weighted by molar-refractivity contribution is 0.149. The average Bonchev–Trinajstić information content (AvgIpc) is 2.52. The van der Waals surface area contributed by atoms with Crippen LogP contribution >= 0.6 is 0 Å². The quantitative estimate of drug-likeness (QED) is 0.679. The van der Waals surface area contributed by atoms with Crippen LogP contribution in [-0.2, 0) is 0 Å². The van der Waals surface area contributed by atoms with E-state index in [4.69, 9.17) is 15.3 Å². The van der Waals surface area contributed by atoms with E-state index >= 15 is 0 Å². The maximum atomic E-state index is 13.9. The molecule has 1 aliphatic rings. The molecule has 6 heteroatoms. The number of ether oxygens (including phenoxy) is 1. The zero-order valence-corrected chi connectivity index (χ0v) is 11.5. The molecular weight excluding hydrogens is 271 g/mol. The topological polar surface area (TPSA) is 81.2 Å². The standard InChI is InChI=1S/C15H15FN4O/c16-14-8-11(19-20-12(9-17)10-18)6-7-15(14)21-13-4-2-1-3-5-13/h6-8,13,19H,1-5H2. The number of nitrogens with one attached hydrogen (secondary N) is 1. The molecule has 1 fully saturated rings. The average molecular weight is 286 g/mol. The molecule has 1 aliphatic carbocycles. The Morgan fingerprint density at radius 1 is 1.24 bits per heavy atom. The van der Waals surface area contributed by atoms with Crippen LogP contribution in [-0.4, -0.2) is 11.8 Å². The highest BCUT2D eigenvalue weighted by atomic mass is 19.1. The second kappa shape index (κ2) is 7.25. The van der Waals surface area contributed by atoms with Crippen LogP contribution in [0.3, 0.4) is 0 Å². The first-order valence-corrected chi connectivity index (χ1v) is 6.83. The number of benzene rings is 1. The summed E-state index contributed by atoms with van der Waals surface area (Å²) >= 11 is 0. The molecule has 1 aromatic rings. The molecule has 0 heterocycles. The summed E-state index contributed by atoms with van der Waals surface area (Å²) in [5, 5.41) is 20.6. The summed E-state index contributed by atoms with van der Waals surface area (Å²) in [4.78, 5) is 0. The summed E-state index contributed by atoms with van der Waals surface area (Å²) < 4.78 is 19.6. The number of halogens is 1. The fourth-order valence-electron chi connectivity index (χ4n) is 2.22. The van der Waals surface area contributed by atoms with Gasteiger partial charge in [0.2, 0.25) is 5.71 Å². The van der Waals surface area contributed by atoms with E-state index in [1.807, 2.05) is 0 Å². The van der Waals surface area contributed by atoms with Crippen LogP contribution in [0, 0.1) is 28.5 Å². The summed E-state index contributed by atoms with van der Waals surface area (Å²) in [6.07, 6.45) is 5.43. The van der Waals surface area contributed by atoms with Crippen molar-refractivity contribution < 1.29 is 9.13 Å². The Hall–Kier alpha value is -2.60. The normalized spacial score (nSPS) is 14.6. The number of nitriles is 2. The Bertz CT molecular complexity index is 593. The highest BCUT2D eigenvalue weighted by Gasteiger charge is 2.16. The largest absolute Gasteiger partial charge is 0.487 e. The molecule has 0 unspecified atom stereocenters. The van der Waals surface area contributed by atoms with Gasteiger partial charge in [-0.1, -0.05) is 6.42 Å². The van der Waals surface area contributed by atoms with E-state index in [9.17, 15) is 4.39 Å². The molecule has 1 aromatic carbocycles. The van der Waals surface area contributed by atoms with E-state index in [0.29, 0.717) is 5.69 Å². The Kier molecular flexibility index (Phi) is 5.11. The molecule has 1 saturated carbocycles. The van der Waals surface area contributed by atoms with Gasteiger partial charge in [0.1, 0.15) is 12.1 Å². The second-order valence-corrected chi connectivity index (χ2v) is 4.82. The van der Waals surface area contributed by atoms with Gasteiger partial charge in [0.05, 0.1) is 11.8 Å². The van der Waals surface area contributed by atoms with Crippen LogP contribution in [0.5, 0.6) is 5.75 Å². The molecule has 0 aliphatic heterocycles. The minimum Gasteiger partial charge on any atom is -0.487 e. The van der Waals surface area contributed by atoms with Gasteiger partial charge in [-0.25, -0.2) is 4.39 Å². The van der Waals surface area contributed by atoms with Gasteiger partial charge in [-0.15, -0.1) is 0 Å². The molecule has 21 heavy (non-hydrogen) atoms. The van der Waals surface area contributed by atoms with Crippen molar-refractivity contribution >= 4 is 11.4 Å². The number of hydrazone groups is 1. The van der Waals surface area contributed by atoms with E-state index in [1.165, 1.54) is 18.6 Å². The molecule has 0 saturated heterocycles. The third-order valence-corrected chi connectivity index (χ3v) is 3.29. The van der Waals surface area contributed by atoms with Gasteiger partial charge < -0.3 is 4.74 Å². The van der Waals surface area contributed by atoms with Gasteiger partial charge in [-0.2, -0.15) is 15.6 Å². The van der Waals surface area contributed by atoms with Gasteiger partial charge in [0.15, 0.2) is 11.6 Å². The van der Waals surface area contributed by atoms with E-state index in [1.54, 1.807) is 18.2 Å². The maximum absolute atomic E-state index is 13.9. The predicted molar refractivity (Wildman–Crippen MR) is 76.2 cm³/mol. The molecular formula is C15H15FN4O. The van der Waals surface area contributed by atoms with Gasteiger partial charge in [0.25, 0.3) is 0 Å². The van der Waals surface area contributed by atoms with Crippen LogP contribution in [0.2, 0.25) is 0 Å². The summed E-state index contributed by atoms with van der Waals surface area (Å²) in [5.74, 6) is -0.270. The lowest BCUT2D eigenvalue weighted by Gasteiger charge is -2.23. The number of nitrogens with zero attached hydrogens (tertiary/aromatic N) is 3. The summed E-state index contributed by atoms with van der Waals surface area (Å²) in [7, 11) is 0. The number of hydrogen-bond acceptors (Lipinski definition) is 5. The SMILES string of the molecule is N#CC(C#N)=NNc1ccc(OC2CCCCC2)c(F)c1. The lowest BCUT2D eigenvalue weighted by Crippen LogP contribution is -2.20. The molecule has 2 rings (SSSR count). The molecule has 0 atom stereocenters. The first-order chi connectivity index (χ1) is 10.2. The van der Waals surface area contributed by atoms with Crippen molar-refractivity contribution in [3.05, 3.63) is 24.0 Å². The zero-order chi connectivity index (χ0) is 15.1. The van der Waals surface area contributed by atoms with Crippen LogP contribution < -0.4 is 10.2 Å². The van der Waals surface area contributed by atoms with Crippen molar-refractivity contribution in [3.63, 3.8) is 0 Å². The molecule has 0 radical (unpaired) electrons. The Morgan fingerprint density at radius 3 is 2.57 bits per heavy atom. The molecule has 0 aromatic heterocycles. The maximum Gasteiger partial charge on any atom is 0.237 e. The van der Waals surface area contributed by atoms with Crippen LogP contribution in [0.15, 0.2) is 23.3 Å². The third-order valence-electron chi connectivity index (χ3n) is 3.29. The molecule has 5 nitrogen and oxygen atoms in total. The van der Waals surface area contributed by atoms with Crippen molar-refractivity contribution in [1.82, 2.24) is 0 Å². The highest BCUT2D eigenvalue weighted by molar-refractivity contribution is 6.10. The third kappa shape index (κ3) is 4.19. The van der Waals surface area contributed by atoms with Crippen molar-refractivity contribution in [2.24, 2.45) is 5.10 Å². The van der Waals surface area contributed by atoms with Crippen molar-refractivity contribution in [3.8, 4) is 17.9 Å². The summed E-state index contributed by atoms with van der Waals surface area (Å²) in [5.41, 5.74) is 2.50. The van der Waals surface area contributed by atoms with Gasteiger partial charge >= 0.3 is 0 Å². The lowest BCUT2D eigenvalue weighted by atomic mass is 9.98. The van der Waals surface area contributed by atoms with Crippen LogP contribution in [0.25, 0.3) is 0 Å². The minimum atomic E-state index is -0.490. The fourth-order valence-corrected chi connectivity index (χ4v) is 2.22.